The van der Waals surface area contributed by atoms with Crippen molar-refractivity contribution < 1.29 is 4.79 Å². The van der Waals surface area contributed by atoms with E-state index < -0.39 is 0 Å². The topological polar surface area (TPSA) is 93.8 Å². The summed E-state index contributed by atoms with van der Waals surface area (Å²) in [5.74, 6) is -0.378. The molecule has 1 aromatic carbocycles. The van der Waals surface area contributed by atoms with Crippen LogP contribution in [0.3, 0.4) is 0 Å². The summed E-state index contributed by atoms with van der Waals surface area (Å²) in [6, 6.07) is 7.77. The molecule has 0 unspecified atom stereocenters. The molecule has 1 aliphatic heterocycles. The van der Waals surface area contributed by atoms with Gasteiger partial charge in [0, 0.05) is 17.9 Å². The summed E-state index contributed by atoms with van der Waals surface area (Å²) in [7, 11) is 0. The van der Waals surface area contributed by atoms with Crippen LogP contribution in [-0.2, 0) is 6.42 Å². The molecule has 2 aromatic heterocycles. The molecule has 10 heteroatoms. The molecule has 0 saturated carbocycles. The number of hydrogen-bond donors (Lipinski definition) is 2. The highest BCUT2D eigenvalue weighted by atomic mass is 35.5. The highest BCUT2D eigenvalue weighted by Gasteiger charge is 2.22. The minimum absolute atomic E-state index is 0. The van der Waals surface area contributed by atoms with E-state index in [1.165, 1.54) is 0 Å². The first-order valence-corrected chi connectivity index (χ1v) is 10.3. The summed E-state index contributed by atoms with van der Waals surface area (Å²) in [4.78, 5) is 26.4. The summed E-state index contributed by atoms with van der Waals surface area (Å²) < 4.78 is 3.49. The third-order valence-corrected chi connectivity index (χ3v) is 5.70. The number of nitrogens with zero attached hydrogens (tertiary/aromatic N) is 4. The number of carbonyl (C=O) groups is 1. The van der Waals surface area contributed by atoms with Crippen LogP contribution in [0.4, 0.5) is 5.69 Å². The van der Waals surface area contributed by atoms with Crippen molar-refractivity contribution >= 4 is 36.4 Å². The Hall–Kier alpha value is -2.68. The third-order valence-electron chi connectivity index (χ3n) is 5.70. The van der Waals surface area contributed by atoms with E-state index in [9.17, 15) is 9.59 Å². The summed E-state index contributed by atoms with van der Waals surface area (Å²) in [5, 5.41) is 13.9. The van der Waals surface area contributed by atoms with Gasteiger partial charge in [0.1, 0.15) is 18.2 Å². The van der Waals surface area contributed by atoms with Gasteiger partial charge in [0.05, 0.1) is 5.69 Å². The van der Waals surface area contributed by atoms with Crippen molar-refractivity contribution in [3.63, 3.8) is 0 Å². The maximum absolute atomic E-state index is 13.2. The summed E-state index contributed by atoms with van der Waals surface area (Å²) in [5.41, 5.74) is 3.16. The SMILES string of the molecule is CCc1ccc(-n2cnnc2)cc1NC(=O)c1c(C)ccn(C2CCNCC2)c1=O.Cl.Cl. The number of hydrogen-bond acceptors (Lipinski definition) is 5. The van der Waals surface area contributed by atoms with Crippen molar-refractivity contribution in [2.45, 2.75) is 39.2 Å². The zero-order valence-corrected chi connectivity index (χ0v) is 19.7. The molecule has 0 bridgehead atoms. The maximum atomic E-state index is 13.2. The van der Waals surface area contributed by atoms with Gasteiger partial charge in [0.25, 0.3) is 11.5 Å². The summed E-state index contributed by atoms with van der Waals surface area (Å²) >= 11 is 0. The standard InChI is InChI=1S/C22H26N6O2.2ClH/c1-3-16-4-5-18(27-13-24-25-14-27)12-19(16)26-21(29)20-15(2)8-11-28(22(20)30)17-6-9-23-10-7-17;;/h4-5,8,11-14,17,23H,3,6-7,9-10H2,1-2H3,(H,26,29);2*1H. The molecule has 2 N–H and O–H groups in total. The van der Waals surface area contributed by atoms with Gasteiger partial charge in [-0.2, -0.15) is 0 Å². The Bertz CT molecular complexity index is 1110. The number of nitrogens with one attached hydrogen (secondary N) is 2. The Morgan fingerprint density at radius 1 is 1.16 bits per heavy atom. The number of halogens is 2. The molecule has 0 spiro atoms. The number of anilines is 1. The van der Waals surface area contributed by atoms with Crippen molar-refractivity contribution in [2.24, 2.45) is 0 Å². The second kappa shape index (κ2) is 11.3. The average Bonchev–Trinajstić information content (AvgIpc) is 3.29. The van der Waals surface area contributed by atoms with Crippen LogP contribution in [0.1, 0.15) is 47.3 Å². The first-order chi connectivity index (χ1) is 14.6. The van der Waals surface area contributed by atoms with E-state index >= 15 is 0 Å². The van der Waals surface area contributed by atoms with Crippen LogP contribution >= 0.6 is 24.8 Å². The van der Waals surface area contributed by atoms with Crippen molar-refractivity contribution in [2.75, 3.05) is 18.4 Å². The van der Waals surface area contributed by atoms with Gasteiger partial charge in [-0.15, -0.1) is 35.0 Å². The molecule has 1 saturated heterocycles. The summed E-state index contributed by atoms with van der Waals surface area (Å²) in [6.45, 7) is 5.59. The average molecular weight is 479 g/mol. The van der Waals surface area contributed by atoms with E-state index in [1.54, 1.807) is 28.7 Å². The van der Waals surface area contributed by atoms with Crippen molar-refractivity contribution in [3.8, 4) is 5.69 Å². The van der Waals surface area contributed by atoms with Crippen LogP contribution in [0.2, 0.25) is 0 Å². The number of piperidine rings is 1. The van der Waals surface area contributed by atoms with Gasteiger partial charge >= 0.3 is 0 Å². The zero-order valence-electron chi connectivity index (χ0n) is 18.1. The Labute approximate surface area is 199 Å². The quantitative estimate of drug-likeness (QED) is 0.586. The first kappa shape index (κ1) is 25.6. The third kappa shape index (κ3) is 5.20. The Morgan fingerprint density at radius 3 is 2.50 bits per heavy atom. The normalized spacial score (nSPS) is 13.7. The smallest absolute Gasteiger partial charge is 0.263 e. The number of aromatic nitrogens is 4. The van der Waals surface area contributed by atoms with Gasteiger partial charge in [-0.1, -0.05) is 13.0 Å². The fraction of sp³-hybridized carbons (Fsp3) is 0.364. The number of amides is 1. The lowest BCUT2D eigenvalue weighted by atomic mass is 10.0. The lowest BCUT2D eigenvalue weighted by Crippen LogP contribution is -2.37. The summed E-state index contributed by atoms with van der Waals surface area (Å²) in [6.07, 6.45) is 7.53. The maximum Gasteiger partial charge on any atom is 0.263 e. The second-order valence-electron chi connectivity index (χ2n) is 7.59. The van der Waals surface area contributed by atoms with Crippen LogP contribution in [0, 0.1) is 6.92 Å². The van der Waals surface area contributed by atoms with Gasteiger partial charge in [0.2, 0.25) is 0 Å². The molecular weight excluding hydrogens is 451 g/mol. The molecule has 8 nitrogen and oxygen atoms in total. The van der Waals surface area contributed by atoms with Crippen molar-refractivity contribution in [1.82, 2.24) is 24.6 Å². The van der Waals surface area contributed by atoms with Crippen molar-refractivity contribution in [1.29, 1.82) is 0 Å². The van der Waals surface area contributed by atoms with E-state index in [0.717, 1.165) is 43.6 Å². The Balaban J connectivity index is 0.00000181. The molecule has 3 aromatic rings. The fourth-order valence-electron chi connectivity index (χ4n) is 3.96. The van der Waals surface area contributed by atoms with Crippen LogP contribution in [0.25, 0.3) is 5.69 Å². The fourth-order valence-corrected chi connectivity index (χ4v) is 3.96. The molecule has 32 heavy (non-hydrogen) atoms. The van der Waals surface area contributed by atoms with Crippen LogP contribution in [0.15, 0.2) is 47.9 Å². The van der Waals surface area contributed by atoms with Gasteiger partial charge < -0.3 is 15.2 Å². The van der Waals surface area contributed by atoms with E-state index in [-0.39, 0.29) is 47.9 Å². The van der Waals surface area contributed by atoms with E-state index in [1.807, 2.05) is 37.4 Å². The highest BCUT2D eigenvalue weighted by molar-refractivity contribution is 6.05. The molecule has 1 aliphatic rings. The van der Waals surface area contributed by atoms with Crippen LogP contribution < -0.4 is 16.2 Å². The number of aryl methyl sites for hydroxylation is 2. The predicted molar refractivity (Wildman–Crippen MR) is 130 cm³/mol. The molecular formula is C22H28Cl2N6O2. The van der Waals surface area contributed by atoms with E-state index in [0.29, 0.717) is 11.3 Å². The highest BCUT2D eigenvalue weighted by Crippen LogP contribution is 2.22. The predicted octanol–water partition coefficient (Wildman–Crippen LogP) is 3.32. The van der Waals surface area contributed by atoms with Crippen molar-refractivity contribution in [3.05, 3.63) is 70.2 Å². The Kier molecular flexibility index (Phi) is 9.00. The lowest BCUT2D eigenvalue weighted by Gasteiger charge is -2.25. The van der Waals surface area contributed by atoms with Gasteiger partial charge in [0.15, 0.2) is 0 Å². The van der Waals surface area contributed by atoms with Crippen LogP contribution in [-0.4, -0.2) is 38.3 Å². The molecule has 0 atom stereocenters. The molecule has 3 heterocycles. The second-order valence-corrected chi connectivity index (χ2v) is 7.59. The van der Waals surface area contributed by atoms with Gasteiger partial charge in [-0.25, -0.2) is 0 Å². The number of pyridine rings is 1. The van der Waals surface area contributed by atoms with E-state index in [2.05, 4.69) is 20.8 Å². The molecule has 0 aliphatic carbocycles. The van der Waals surface area contributed by atoms with Gasteiger partial charge in [-0.3, -0.25) is 14.2 Å². The molecule has 172 valence electrons. The number of rotatable bonds is 5. The van der Waals surface area contributed by atoms with E-state index in [4.69, 9.17) is 0 Å². The number of carbonyl (C=O) groups excluding carboxylic acids is 1. The first-order valence-electron chi connectivity index (χ1n) is 10.3. The van der Waals surface area contributed by atoms with Crippen LogP contribution in [0.5, 0.6) is 0 Å². The zero-order chi connectivity index (χ0) is 21.1. The monoisotopic (exact) mass is 478 g/mol. The molecule has 1 amide bonds. The minimum atomic E-state index is -0.378. The number of benzene rings is 1. The van der Waals surface area contributed by atoms with Gasteiger partial charge in [-0.05, 0) is 68.6 Å². The molecule has 4 rings (SSSR count). The molecule has 1 fully saturated rings. The molecule has 0 radical (unpaired) electrons. The Morgan fingerprint density at radius 2 is 1.84 bits per heavy atom. The largest absolute Gasteiger partial charge is 0.321 e. The minimum Gasteiger partial charge on any atom is -0.321 e. The lowest BCUT2D eigenvalue weighted by molar-refractivity contribution is 0.102.